The second kappa shape index (κ2) is 11.2. The van der Waals surface area contributed by atoms with E-state index in [2.05, 4.69) is 19.6 Å². The first kappa shape index (κ1) is 12.1. The normalized spacial score (nSPS) is 8.11. The molecule has 0 aliphatic carbocycles. The third-order valence-corrected chi connectivity index (χ3v) is 1.21. The molecule has 0 atom stereocenters. The summed E-state index contributed by atoms with van der Waals surface area (Å²) in [5, 5.41) is 0. The van der Waals surface area contributed by atoms with Crippen LogP contribution in [0, 0.1) is 6.08 Å². The average molecular weight is 118 g/mol. The van der Waals surface area contributed by atoms with Crippen molar-refractivity contribution in [3.05, 3.63) is 12.7 Å². The second-order valence-corrected chi connectivity index (χ2v) is 2.06. The number of unbranched alkanes of at least 4 members (excludes halogenated alkanes) is 4. The molecule has 0 aliphatic rings. The SMILES string of the molecule is C=[C-]CCCCCC.[Li+]. The zero-order chi connectivity index (χ0) is 6.24. The predicted octanol–water partition coefficient (Wildman–Crippen LogP) is -0.0500. The van der Waals surface area contributed by atoms with Crippen molar-refractivity contribution in [1.29, 1.82) is 0 Å². The largest absolute Gasteiger partial charge is 1.00 e. The van der Waals surface area contributed by atoms with Crippen molar-refractivity contribution >= 4 is 0 Å². The summed E-state index contributed by atoms with van der Waals surface area (Å²) >= 11 is 0. The van der Waals surface area contributed by atoms with Crippen molar-refractivity contribution in [1.82, 2.24) is 0 Å². The van der Waals surface area contributed by atoms with Gasteiger partial charge in [0.1, 0.15) is 0 Å². The molecule has 0 bridgehead atoms. The van der Waals surface area contributed by atoms with Crippen LogP contribution in [0.2, 0.25) is 0 Å². The molecule has 0 amide bonds. The Labute approximate surface area is 70.9 Å². The Bertz CT molecular complexity index is 50.5. The first-order valence-electron chi connectivity index (χ1n) is 3.41. The summed E-state index contributed by atoms with van der Waals surface area (Å²) in [6.45, 7) is 5.75. The third kappa shape index (κ3) is 11.8. The predicted molar refractivity (Wildman–Crippen MR) is 37.6 cm³/mol. The molecule has 0 saturated heterocycles. The minimum atomic E-state index is 0. The van der Waals surface area contributed by atoms with Crippen LogP contribution in [0.4, 0.5) is 0 Å². The summed E-state index contributed by atoms with van der Waals surface area (Å²) in [4.78, 5) is 0. The first-order chi connectivity index (χ1) is 3.91. The van der Waals surface area contributed by atoms with E-state index in [-0.39, 0.29) is 18.9 Å². The summed E-state index contributed by atoms with van der Waals surface area (Å²) in [6.07, 6.45) is 9.25. The van der Waals surface area contributed by atoms with Gasteiger partial charge in [0, 0.05) is 0 Å². The molecule has 0 aliphatic heterocycles. The Kier molecular flexibility index (Phi) is 15.0. The minimum absolute atomic E-state index is 0. The molecule has 0 fully saturated rings. The fourth-order valence-corrected chi connectivity index (χ4v) is 0.677. The van der Waals surface area contributed by atoms with Crippen molar-refractivity contribution in [3.8, 4) is 0 Å². The van der Waals surface area contributed by atoms with Crippen LogP contribution in [0.5, 0.6) is 0 Å². The van der Waals surface area contributed by atoms with Gasteiger partial charge >= 0.3 is 18.9 Å². The van der Waals surface area contributed by atoms with Crippen LogP contribution in [-0.2, 0) is 0 Å². The minimum Gasteiger partial charge on any atom is -0.504 e. The summed E-state index contributed by atoms with van der Waals surface area (Å²) in [6, 6.07) is 0. The maximum absolute atomic E-state index is 3.53. The van der Waals surface area contributed by atoms with Crippen LogP contribution in [0.1, 0.15) is 39.0 Å². The molecule has 1 heteroatoms. The van der Waals surface area contributed by atoms with E-state index in [1.54, 1.807) is 0 Å². The molecular formula is C8H15Li. The Morgan fingerprint density at radius 2 is 1.89 bits per heavy atom. The molecule has 0 aromatic carbocycles. The average Bonchev–Trinajstić information content (AvgIpc) is 1.81. The number of hydrogen-bond donors (Lipinski definition) is 0. The zero-order valence-corrected chi connectivity index (χ0v) is 6.74. The maximum atomic E-state index is 3.53. The van der Waals surface area contributed by atoms with E-state index in [4.69, 9.17) is 0 Å². The number of allylic oxidation sites excluding steroid dienone is 1. The quantitative estimate of drug-likeness (QED) is 0.270. The molecular weight excluding hydrogens is 103 g/mol. The van der Waals surface area contributed by atoms with Crippen molar-refractivity contribution in [2.75, 3.05) is 0 Å². The molecule has 0 heterocycles. The van der Waals surface area contributed by atoms with E-state index in [0.717, 1.165) is 6.42 Å². The Morgan fingerprint density at radius 1 is 1.22 bits per heavy atom. The molecule has 0 nitrogen and oxygen atoms in total. The van der Waals surface area contributed by atoms with Crippen molar-refractivity contribution < 1.29 is 18.9 Å². The fraction of sp³-hybridized carbons (Fsp3) is 0.750. The van der Waals surface area contributed by atoms with E-state index in [0.29, 0.717) is 0 Å². The van der Waals surface area contributed by atoms with Crippen LogP contribution < -0.4 is 18.9 Å². The summed E-state index contributed by atoms with van der Waals surface area (Å²) in [7, 11) is 0. The third-order valence-electron chi connectivity index (χ3n) is 1.21. The Morgan fingerprint density at radius 3 is 2.33 bits per heavy atom. The van der Waals surface area contributed by atoms with Gasteiger partial charge in [0.15, 0.2) is 0 Å². The van der Waals surface area contributed by atoms with Crippen LogP contribution >= 0.6 is 0 Å². The first-order valence-corrected chi connectivity index (χ1v) is 3.41. The van der Waals surface area contributed by atoms with E-state index in [1.807, 2.05) is 0 Å². The molecule has 0 N–H and O–H groups in total. The molecule has 0 saturated carbocycles. The van der Waals surface area contributed by atoms with E-state index in [1.165, 1.54) is 25.7 Å². The standard InChI is InChI=1S/C8H15.Li/c1-3-5-7-8-6-4-2;/h1,4-8H2,2H3;/q-1;+1. The van der Waals surface area contributed by atoms with E-state index < -0.39 is 0 Å². The molecule has 0 unspecified atom stereocenters. The summed E-state index contributed by atoms with van der Waals surface area (Å²) < 4.78 is 0. The molecule has 9 heavy (non-hydrogen) atoms. The van der Waals surface area contributed by atoms with Gasteiger partial charge in [-0.15, -0.1) is 0 Å². The van der Waals surface area contributed by atoms with Crippen LogP contribution in [-0.4, -0.2) is 0 Å². The Balaban J connectivity index is 0. The molecule has 0 aromatic rings. The molecule has 0 spiro atoms. The van der Waals surface area contributed by atoms with Crippen LogP contribution in [0.15, 0.2) is 6.58 Å². The van der Waals surface area contributed by atoms with Gasteiger partial charge in [-0.1, -0.05) is 32.6 Å². The maximum Gasteiger partial charge on any atom is 1.00 e. The van der Waals surface area contributed by atoms with E-state index in [9.17, 15) is 0 Å². The van der Waals surface area contributed by atoms with Gasteiger partial charge in [0.2, 0.25) is 0 Å². The van der Waals surface area contributed by atoms with Crippen LogP contribution in [0.25, 0.3) is 0 Å². The second-order valence-electron chi connectivity index (χ2n) is 2.06. The van der Waals surface area contributed by atoms with Gasteiger partial charge in [-0.05, 0) is 0 Å². The van der Waals surface area contributed by atoms with Gasteiger partial charge in [0.05, 0.1) is 0 Å². The van der Waals surface area contributed by atoms with Crippen LogP contribution in [0.3, 0.4) is 0 Å². The number of hydrogen-bond acceptors (Lipinski definition) is 0. The molecule has 0 radical (unpaired) electrons. The summed E-state index contributed by atoms with van der Waals surface area (Å²) in [5.41, 5.74) is 0. The molecule has 0 aromatic heterocycles. The Hall–Kier alpha value is 0.337. The van der Waals surface area contributed by atoms with Gasteiger partial charge < -0.3 is 6.08 Å². The monoisotopic (exact) mass is 118 g/mol. The summed E-state index contributed by atoms with van der Waals surface area (Å²) in [5.74, 6) is 0. The zero-order valence-electron chi connectivity index (χ0n) is 6.74. The molecule has 0 rings (SSSR count). The van der Waals surface area contributed by atoms with Crippen molar-refractivity contribution in [3.63, 3.8) is 0 Å². The smallest absolute Gasteiger partial charge is 0.504 e. The topological polar surface area (TPSA) is 0 Å². The van der Waals surface area contributed by atoms with Gasteiger partial charge in [-0.3, -0.25) is 6.58 Å². The van der Waals surface area contributed by atoms with E-state index >= 15 is 0 Å². The van der Waals surface area contributed by atoms with Crippen molar-refractivity contribution in [2.24, 2.45) is 0 Å². The molecule has 48 valence electrons. The van der Waals surface area contributed by atoms with Crippen molar-refractivity contribution in [2.45, 2.75) is 39.0 Å². The fourth-order valence-electron chi connectivity index (χ4n) is 0.677. The number of rotatable bonds is 5. The van der Waals surface area contributed by atoms with Gasteiger partial charge in [0.25, 0.3) is 0 Å². The van der Waals surface area contributed by atoms with Gasteiger partial charge in [-0.25, -0.2) is 0 Å². The van der Waals surface area contributed by atoms with Gasteiger partial charge in [-0.2, -0.15) is 6.42 Å².